The second-order valence-electron chi connectivity index (χ2n) is 5.82. The minimum absolute atomic E-state index is 0.0171. The number of ether oxygens (including phenoxy) is 1. The molecule has 0 spiro atoms. The molecule has 5 nitrogen and oxygen atoms in total. The van der Waals surface area contributed by atoms with Crippen molar-refractivity contribution in [1.29, 1.82) is 0 Å². The van der Waals surface area contributed by atoms with Gasteiger partial charge in [-0.3, -0.25) is 0 Å². The number of nitrogens with one attached hydrogen (secondary N) is 2. The van der Waals surface area contributed by atoms with Crippen LogP contribution in [0, 0.1) is 5.92 Å². The molecule has 21 heavy (non-hydrogen) atoms. The number of urea groups is 1. The van der Waals surface area contributed by atoms with Gasteiger partial charge in [-0.05, 0) is 17.0 Å². The molecular weight excluding hydrogens is 268 g/mol. The van der Waals surface area contributed by atoms with Gasteiger partial charge in [-0.15, -0.1) is 0 Å². The maximum Gasteiger partial charge on any atom is 0.315 e. The minimum Gasteiger partial charge on any atom is -0.390 e. The predicted octanol–water partition coefficient (Wildman–Crippen LogP) is 1.61. The number of rotatable bonds is 5. The van der Waals surface area contributed by atoms with Gasteiger partial charge in [-0.2, -0.15) is 0 Å². The Morgan fingerprint density at radius 3 is 2.81 bits per heavy atom. The van der Waals surface area contributed by atoms with Crippen LogP contribution in [-0.2, 0) is 11.2 Å². The highest BCUT2D eigenvalue weighted by Crippen LogP contribution is 2.30. The van der Waals surface area contributed by atoms with Crippen LogP contribution in [0.3, 0.4) is 0 Å². The molecule has 0 saturated carbocycles. The summed E-state index contributed by atoms with van der Waals surface area (Å²) in [5.41, 5.74) is 2.08. The molecular formula is C16H24N2O3. The lowest BCUT2D eigenvalue weighted by molar-refractivity contribution is 0.0662. The molecule has 1 aromatic carbocycles. The Labute approximate surface area is 125 Å². The number of hydrogen-bond donors (Lipinski definition) is 3. The number of carbonyl (C=O) groups excluding carboxylic acids is 1. The summed E-state index contributed by atoms with van der Waals surface area (Å²) in [6, 6.07) is 7.17. The van der Waals surface area contributed by atoms with Crippen molar-refractivity contribution in [3.63, 3.8) is 0 Å². The molecule has 0 bridgehead atoms. The van der Waals surface area contributed by atoms with Gasteiger partial charge < -0.3 is 20.5 Å². The first-order valence-electron chi connectivity index (χ1n) is 7.36. The zero-order valence-corrected chi connectivity index (χ0v) is 12.8. The molecule has 1 aliphatic carbocycles. The highest BCUT2D eigenvalue weighted by atomic mass is 16.5. The van der Waals surface area contributed by atoms with Gasteiger partial charge in [0.1, 0.15) is 0 Å². The van der Waals surface area contributed by atoms with Crippen molar-refractivity contribution in [1.82, 2.24) is 10.6 Å². The largest absolute Gasteiger partial charge is 0.390 e. The summed E-state index contributed by atoms with van der Waals surface area (Å²) < 4.78 is 5.32. The number of aliphatic hydroxyl groups is 1. The van der Waals surface area contributed by atoms with Gasteiger partial charge in [-0.1, -0.05) is 38.1 Å². The van der Waals surface area contributed by atoms with E-state index in [9.17, 15) is 9.90 Å². The first kappa shape index (κ1) is 15.8. The highest BCUT2D eigenvalue weighted by molar-refractivity contribution is 5.74. The van der Waals surface area contributed by atoms with Crippen LogP contribution in [0.15, 0.2) is 24.3 Å². The first-order valence-corrected chi connectivity index (χ1v) is 7.36. The average molecular weight is 292 g/mol. The number of benzene rings is 1. The van der Waals surface area contributed by atoms with E-state index in [1.807, 2.05) is 38.1 Å². The first-order chi connectivity index (χ1) is 10.0. The number of hydrogen-bond acceptors (Lipinski definition) is 3. The Balaban J connectivity index is 1.91. The van der Waals surface area contributed by atoms with Gasteiger partial charge in [0.25, 0.3) is 0 Å². The third kappa shape index (κ3) is 3.74. The highest BCUT2D eigenvalue weighted by Gasteiger charge is 2.31. The SMILES string of the molecule is COC(CNC(=O)N[C@@H]1c2ccccc2C[C@@H]1O)C(C)C. The van der Waals surface area contributed by atoms with Crippen molar-refractivity contribution in [2.75, 3.05) is 13.7 Å². The van der Waals surface area contributed by atoms with E-state index in [0.717, 1.165) is 11.1 Å². The Morgan fingerprint density at radius 2 is 2.14 bits per heavy atom. The summed E-state index contributed by atoms with van der Waals surface area (Å²) in [7, 11) is 1.64. The summed E-state index contributed by atoms with van der Waals surface area (Å²) in [4.78, 5) is 12.0. The van der Waals surface area contributed by atoms with Crippen molar-refractivity contribution in [2.45, 2.75) is 38.5 Å². The van der Waals surface area contributed by atoms with Crippen molar-refractivity contribution in [2.24, 2.45) is 5.92 Å². The molecule has 3 atom stereocenters. The zero-order chi connectivity index (χ0) is 15.4. The van der Waals surface area contributed by atoms with E-state index in [4.69, 9.17) is 4.74 Å². The maximum absolute atomic E-state index is 12.0. The molecule has 0 heterocycles. The van der Waals surface area contributed by atoms with E-state index in [2.05, 4.69) is 10.6 Å². The number of aliphatic hydroxyl groups excluding tert-OH is 1. The molecule has 1 unspecified atom stereocenters. The van der Waals surface area contributed by atoms with Gasteiger partial charge in [0, 0.05) is 20.1 Å². The quantitative estimate of drug-likeness (QED) is 0.772. The monoisotopic (exact) mass is 292 g/mol. The van der Waals surface area contributed by atoms with Crippen LogP contribution < -0.4 is 10.6 Å². The molecule has 0 aliphatic heterocycles. The molecule has 0 aromatic heterocycles. The molecule has 116 valence electrons. The Bertz CT molecular complexity index is 490. The third-order valence-electron chi connectivity index (χ3n) is 4.00. The molecule has 0 saturated heterocycles. The minimum atomic E-state index is -0.573. The molecule has 2 rings (SSSR count). The predicted molar refractivity (Wildman–Crippen MR) is 81.1 cm³/mol. The number of amides is 2. The van der Waals surface area contributed by atoms with Gasteiger partial charge >= 0.3 is 6.03 Å². The fourth-order valence-corrected chi connectivity index (χ4v) is 2.72. The summed E-state index contributed by atoms with van der Waals surface area (Å²) >= 11 is 0. The molecule has 1 aliphatic rings. The van der Waals surface area contributed by atoms with Crippen LogP contribution in [0.2, 0.25) is 0 Å². The Hall–Kier alpha value is -1.59. The molecule has 5 heteroatoms. The van der Waals surface area contributed by atoms with Gasteiger partial charge in [0.2, 0.25) is 0 Å². The topological polar surface area (TPSA) is 70.6 Å². The number of methoxy groups -OCH3 is 1. The van der Waals surface area contributed by atoms with Crippen molar-refractivity contribution >= 4 is 6.03 Å². The Kier molecular flexibility index (Phi) is 5.20. The maximum atomic E-state index is 12.0. The van der Waals surface area contributed by atoms with Crippen LogP contribution in [0.25, 0.3) is 0 Å². The zero-order valence-electron chi connectivity index (χ0n) is 12.8. The van der Waals surface area contributed by atoms with E-state index in [1.165, 1.54) is 0 Å². The van der Waals surface area contributed by atoms with Crippen molar-refractivity contribution in [3.8, 4) is 0 Å². The van der Waals surface area contributed by atoms with E-state index in [-0.39, 0.29) is 18.2 Å². The lowest BCUT2D eigenvalue weighted by atomic mass is 10.1. The second-order valence-corrected chi connectivity index (χ2v) is 5.82. The van der Waals surface area contributed by atoms with Crippen molar-refractivity contribution in [3.05, 3.63) is 35.4 Å². The van der Waals surface area contributed by atoms with Crippen LogP contribution in [0.5, 0.6) is 0 Å². The van der Waals surface area contributed by atoms with E-state index >= 15 is 0 Å². The average Bonchev–Trinajstić information content (AvgIpc) is 2.75. The summed E-state index contributed by atoms with van der Waals surface area (Å²) in [6.07, 6.45) is -0.0126. The fraction of sp³-hybridized carbons (Fsp3) is 0.562. The van der Waals surface area contributed by atoms with Crippen LogP contribution in [-0.4, -0.2) is 37.0 Å². The molecule has 0 radical (unpaired) electrons. The van der Waals surface area contributed by atoms with Gasteiger partial charge in [0.05, 0.1) is 18.2 Å². The lowest BCUT2D eigenvalue weighted by Crippen LogP contribution is -2.44. The summed E-state index contributed by atoms with van der Waals surface area (Å²) in [5, 5.41) is 15.8. The van der Waals surface area contributed by atoms with E-state index < -0.39 is 6.10 Å². The van der Waals surface area contributed by atoms with Crippen LogP contribution in [0.4, 0.5) is 4.79 Å². The number of fused-ring (bicyclic) bond motifs is 1. The molecule has 2 amide bonds. The van der Waals surface area contributed by atoms with E-state index in [1.54, 1.807) is 7.11 Å². The summed E-state index contributed by atoms with van der Waals surface area (Å²) in [6.45, 7) is 4.54. The lowest BCUT2D eigenvalue weighted by Gasteiger charge is -2.22. The summed E-state index contributed by atoms with van der Waals surface area (Å²) in [5.74, 6) is 0.327. The normalized spacial score (nSPS) is 22.0. The van der Waals surface area contributed by atoms with Crippen LogP contribution in [0.1, 0.15) is 31.0 Å². The number of carbonyl (C=O) groups is 1. The Morgan fingerprint density at radius 1 is 1.43 bits per heavy atom. The van der Waals surface area contributed by atoms with E-state index in [0.29, 0.717) is 18.9 Å². The molecule has 0 fully saturated rings. The van der Waals surface area contributed by atoms with Gasteiger partial charge in [0.15, 0.2) is 0 Å². The smallest absolute Gasteiger partial charge is 0.315 e. The molecule has 1 aromatic rings. The molecule has 3 N–H and O–H groups in total. The van der Waals surface area contributed by atoms with Crippen molar-refractivity contribution < 1.29 is 14.6 Å². The van der Waals surface area contributed by atoms with Gasteiger partial charge in [-0.25, -0.2) is 4.79 Å². The standard InChI is InChI=1S/C16H24N2O3/c1-10(2)14(21-3)9-17-16(20)18-15-12-7-5-4-6-11(12)8-13(15)19/h4-7,10,13-15,19H,8-9H2,1-3H3,(H2,17,18,20)/t13-,14?,15+/m0/s1. The second kappa shape index (κ2) is 6.91. The van der Waals surface area contributed by atoms with Crippen LogP contribution >= 0.6 is 0 Å². The third-order valence-corrected chi connectivity index (χ3v) is 4.00. The fourth-order valence-electron chi connectivity index (χ4n) is 2.72.